The van der Waals surface area contributed by atoms with Gasteiger partial charge < -0.3 is 5.11 Å². The van der Waals surface area contributed by atoms with Crippen molar-refractivity contribution in [1.82, 2.24) is 4.90 Å². The highest BCUT2D eigenvalue weighted by Crippen LogP contribution is 2.25. The highest BCUT2D eigenvalue weighted by Gasteiger charge is 2.26. The maximum Gasteiger partial charge on any atom is 0.0664 e. The first-order valence-corrected chi connectivity index (χ1v) is 5.60. The molecule has 0 spiro atoms. The number of hydrogen-bond donors (Lipinski definition) is 1. The summed E-state index contributed by atoms with van der Waals surface area (Å²) in [5.74, 6) is 0. The Morgan fingerprint density at radius 3 is 2.23 bits per heavy atom. The van der Waals surface area contributed by atoms with Gasteiger partial charge in [0.1, 0.15) is 0 Å². The van der Waals surface area contributed by atoms with Crippen molar-refractivity contribution in [2.75, 3.05) is 6.54 Å². The lowest BCUT2D eigenvalue weighted by Gasteiger charge is -2.35. The molecular weight excluding hydrogens is 162 g/mol. The first-order chi connectivity index (χ1) is 6.16. The molecule has 2 unspecified atom stereocenters. The van der Waals surface area contributed by atoms with E-state index in [2.05, 4.69) is 18.7 Å². The number of likely N-dealkylation sites (N-methyl/N-ethyl adjacent to an activating group) is 1. The fourth-order valence-corrected chi connectivity index (χ4v) is 2.39. The molecule has 2 atom stereocenters. The molecule has 0 aromatic heterocycles. The zero-order chi connectivity index (χ0) is 9.84. The summed E-state index contributed by atoms with van der Waals surface area (Å²) >= 11 is 0. The molecular formula is C11H23NO. The third kappa shape index (κ3) is 2.68. The Bertz CT molecular complexity index is 139. The van der Waals surface area contributed by atoms with Gasteiger partial charge >= 0.3 is 0 Å². The Balaban J connectivity index is 2.49. The van der Waals surface area contributed by atoms with Crippen molar-refractivity contribution in [2.24, 2.45) is 0 Å². The van der Waals surface area contributed by atoms with Crippen molar-refractivity contribution >= 4 is 0 Å². The summed E-state index contributed by atoms with van der Waals surface area (Å²) in [6.45, 7) is 7.28. The first kappa shape index (κ1) is 11.0. The maximum absolute atomic E-state index is 9.54. The summed E-state index contributed by atoms with van der Waals surface area (Å²) < 4.78 is 0. The molecule has 0 radical (unpaired) electrons. The minimum absolute atomic E-state index is 0.208. The van der Waals surface area contributed by atoms with Crippen LogP contribution in [-0.4, -0.2) is 34.7 Å². The van der Waals surface area contributed by atoms with Gasteiger partial charge in [-0.3, -0.25) is 4.90 Å². The van der Waals surface area contributed by atoms with E-state index in [1.807, 2.05) is 6.92 Å². The Morgan fingerprint density at radius 2 is 1.85 bits per heavy atom. The number of hydrogen-bond acceptors (Lipinski definition) is 2. The quantitative estimate of drug-likeness (QED) is 0.724. The predicted molar refractivity (Wildman–Crippen MR) is 55.8 cm³/mol. The molecule has 78 valence electrons. The average molecular weight is 185 g/mol. The van der Waals surface area contributed by atoms with Crippen LogP contribution in [0.4, 0.5) is 0 Å². The van der Waals surface area contributed by atoms with Crippen molar-refractivity contribution in [2.45, 2.75) is 64.6 Å². The van der Waals surface area contributed by atoms with Crippen LogP contribution < -0.4 is 0 Å². The van der Waals surface area contributed by atoms with Crippen molar-refractivity contribution in [3.8, 4) is 0 Å². The van der Waals surface area contributed by atoms with Gasteiger partial charge in [0.2, 0.25) is 0 Å². The molecule has 1 aliphatic rings. The van der Waals surface area contributed by atoms with E-state index in [-0.39, 0.29) is 6.10 Å². The molecule has 0 saturated heterocycles. The highest BCUT2D eigenvalue weighted by atomic mass is 16.3. The molecule has 0 amide bonds. The van der Waals surface area contributed by atoms with Gasteiger partial charge in [0.05, 0.1) is 6.10 Å². The van der Waals surface area contributed by atoms with E-state index < -0.39 is 0 Å². The Labute approximate surface area is 81.9 Å². The largest absolute Gasteiger partial charge is 0.392 e. The summed E-state index contributed by atoms with van der Waals surface area (Å²) in [5, 5.41) is 9.54. The van der Waals surface area contributed by atoms with Gasteiger partial charge in [-0.1, -0.05) is 19.8 Å². The minimum Gasteiger partial charge on any atom is -0.392 e. The Kier molecular flexibility index (Phi) is 4.20. The molecule has 0 bridgehead atoms. The molecule has 13 heavy (non-hydrogen) atoms. The lowest BCUT2D eigenvalue weighted by Crippen LogP contribution is -2.45. The van der Waals surface area contributed by atoms with Crippen molar-refractivity contribution < 1.29 is 5.11 Å². The number of nitrogens with zero attached hydrogens (tertiary/aromatic N) is 1. The molecule has 1 fully saturated rings. The van der Waals surface area contributed by atoms with Crippen molar-refractivity contribution in [3.05, 3.63) is 0 Å². The third-order valence-corrected chi connectivity index (χ3v) is 3.38. The van der Waals surface area contributed by atoms with Gasteiger partial charge in [-0.25, -0.2) is 0 Å². The fraction of sp³-hybridized carbons (Fsp3) is 1.00. The summed E-state index contributed by atoms with van der Waals surface area (Å²) in [7, 11) is 0. The van der Waals surface area contributed by atoms with Crippen LogP contribution in [0.3, 0.4) is 0 Å². The highest BCUT2D eigenvalue weighted by molar-refractivity contribution is 4.82. The van der Waals surface area contributed by atoms with Crippen LogP contribution in [0, 0.1) is 0 Å². The van der Waals surface area contributed by atoms with Crippen LogP contribution in [-0.2, 0) is 0 Å². The third-order valence-electron chi connectivity index (χ3n) is 3.38. The second-order valence-corrected chi connectivity index (χ2v) is 4.25. The maximum atomic E-state index is 9.54. The molecule has 1 rings (SSSR count). The van der Waals surface area contributed by atoms with Crippen LogP contribution in [0.15, 0.2) is 0 Å². The monoisotopic (exact) mass is 185 g/mol. The van der Waals surface area contributed by atoms with E-state index in [0.717, 1.165) is 12.6 Å². The number of rotatable bonds is 4. The van der Waals surface area contributed by atoms with E-state index in [1.54, 1.807) is 0 Å². The summed E-state index contributed by atoms with van der Waals surface area (Å²) in [5.41, 5.74) is 0. The lowest BCUT2D eigenvalue weighted by atomic mass is 10.1. The van der Waals surface area contributed by atoms with E-state index in [9.17, 15) is 5.11 Å². The Hall–Kier alpha value is -0.0800. The van der Waals surface area contributed by atoms with Crippen LogP contribution in [0.1, 0.15) is 46.5 Å². The molecule has 0 heterocycles. The first-order valence-electron chi connectivity index (χ1n) is 5.60. The van der Waals surface area contributed by atoms with E-state index in [0.29, 0.717) is 6.04 Å². The molecule has 1 aliphatic carbocycles. The summed E-state index contributed by atoms with van der Waals surface area (Å²) in [6, 6.07) is 1.04. The number of aliphatic hydroxyl groups is 1. The topological polar surface area (TPSA) is 23.5 Å². The normalized spacial score (nSPS) is 23.8. The van der Waals surface area contributed by atoms with E-state index >= 15 is 0 Å². The van der Waals surface area contributed by atoms with Crippen molar-refractivity contribution in [1.29, 1.82) is 0 Å². The SMILES string of the molecule is CCN(C1CCCC1)C(C)C(C)O. The van der Waals surface area contributed by atoms with Crippen LogP contribution in [0.2, 0.25) is 0 Å². The molecule has 0 aromatic rings. The van der Waals surface area contributed by atoms with Crippen LogP contribution in [0.5, 0.6) is 0 Å². The van der Waals surface area contributed by atoms with Gasteiger partial charge in [-0.2, -0.15) is 0 Å². The number of aliphatic hydroxyl groups excluding tert-OH is 1. The van der Waals surface area contributed by atoms with Crippen LogP contribution >= 0.6 is 0 Å². The van der Waals surface area contributed by atoms with Gasteiger partial charge in [0.25, 0.3) is 0 Å². The molecule has 0 aliphatic heterocycles. The zero-order valence-corrected chi connectivity index (χ0v) is 9.16. The molecule has 0 aromatic carbocycles. The molecule has 2 heteroatoms. The Morgan fingerprint density at radius 1 is 1.31 bits per heavy atom. The van der Waals surface area contributed by atoms with Gasteiger partial charge in [0, 0.05) is 12.1 Å². The minimum atomic E-state index is -0.208. The fourth-order valence-electron chi connectivity index (χ4n) is 2.39. The molecule has 2 nitrogen and oxygen atoms in total. The predicted octanol–water partition coefficient (Wildman–Crippen LogP) is 2.02. The zero-order valence-electron chi connectivity index (χ0n) is 9.16. The standard InChI is InChI=1S/C11H23NO/c1-4-12(9(2)10(3)13)11-7-5-6-8-11/h9-11,13H,4-8H2,1-3H3. The molecule has 1 N–H and O–H groups in total. The van der Waals surface area contributed by atoms with Gasteiger partial charge in [-0.05, 0) is 33.2 Å². The van der Waals surface area contributed by atoms with Gasteiger partial charge in [-0.15, -0.1) is 0 Å². The lowest BCUT2D eigenvalue weighted by molar-refractivity contribution is 0.0479. The van der Waals surface area contributed by atoms with E-state index in [1.165, 1.54) is 25.7 Å². The summed E-state index contributed by atoms with van der Waals surface area (Å²) in [4.78, 5) is 2.46. The second kappa shape index (κ2) is 4.97. The summed E-state index contributed by atoms with van der Waals surface area (Å²) in [6.07, 6.45) is 5.18. The smallest absolute Gasteiger partial charge is 0.0664 e. The second-order valence-electron chi connectivity index (χ2n) is 4.25. The van der Waals surface area contributed by atoms with Crippen molar-refractivity contribution in [3.63, 3.8) is 0 Å². The van der Waals surface area contributed by atoms with E-state index in [4.69, 9.17) is 0 Å². The molecule has 1 saturated carbocycles. The van der Waals surface area contributed by atoms with Crippen LogP contribution in [0.25, 0.3) is 0 Å². The average Bonchev–Trinajstić information content (AvgIpc) is 2.58. The van der Waals surface area contributed by atoms with Gasteiger partial charge in [0.15, 0.2) is 0 Å².